The van der Waals surface area contributed by atoms with Gasteiger partial charge in [0.05, 0.1) is 5.02 Å². The molecule has 0 saturated heterocycles. The van der Waals surface area contributed by atoms with E-state index in [0.717, 1.165) is 11.3 Å². The van der Waals surface area contributed by atoms with Gasteiger partial charge in [-0.05, 0) is 37.3 Å². The third-order valence-corrected chi connectivity index (χ3v) is 2.68. The Hall–Kier alpha value is -1.32. The lowest BCUT2D eigenvalue weighted by Gasteiger charge is -2.01. The van der Waals surface area contributed by atoms with Crippen LogP contribution in [-0.4, -0.2) is 6.04 Å². The summed E-state index contributed by atoms with van der Waals surface area (Å²) in [4.78, 5) is 0. The van der Waals surface area contributed by atoms with Gasteiger partial charge in [0.2, 0.25) is 0 Å². The van der Waals surface area contributed by atoms with Crippen molar-refractivity contribution >= 4 is 11.6 Å². The van der Waals surface area contributed by atoms with E-state index in [4.69, 9.17) is 21.8 Å². The van der Waals surface area contributed by atoms with Crippen LogP contribution in [0, 0.1) is 5.82 Å². The molecule has 2 rings (SSSR count). The van der Waals surface area contributed by atoms with E-state index in [1.54, 1.807) is 12.1 Å². The summed E-state index contributed by atoms with van der Waals surface area (Å²) in [5.41, 5.74) is 6.44. The van der Waals surface area contributed by atoms with Gasteiger partial charge in [-0.2, -0.15) is 0 Å². The van der Waals surface area contributed by atoms with Crippen molar-refractivity contribution in [1.82, 2.24) is 0 Å². The van der Waals surface area contributed by atoms with E-state index in [1.165, 1.54) is 6.07 Å². The zero-order chi connectivity index (χ0) is 12.4. The van der Waals surface area contributed by atoms with Gasteiger partial charge in [-0.25, -0.2) is 4.39 Å². The van der Waals surface area contributed by atoms with Crippen LogP contribution in [0.25, 0.3) is 11.3 Å². The van der Waals surface area contributed by atoms with Crippen LogP contribution >= 0.6 is 11.6 Å². The van der Waals surface area contributed by atoms with Gasteiger partial charge in [-0.1, -0.05) is 11.6 Å². The van der Waals surface area contributed by atoms with Crippen molar-refractivity contribution in [3.05, 3.63) is 46.9 Å². The van der Waals surface area contributed by atoms with Crippen LogP contribution in [0.15, 0.2) is 34.7 Å². The first-order chi connectivity index (χ1) is 8.06. The molecule has 90 valence electrons. The molecule has 1 heterocycles. The average Bonchev–Trinajstić information content (AvgIpc) is 2.69. The third-order valence-electron chi connectivity index (χ3n) is 2.39. The number of nitrogens with two attached hydrogens (primary N) is 1. The fourth-order valence-corrected chi connectivity index (χ4v) is 1.79. The van der Waals surface area contributed by atoms with Crippen LogP contribution in [0.4, 0.5) is 4.39 Å². The minimum Gasteiger partial charge on any atom is -0.461 e. The zero-order valence-corrected chi connectivity index (χ0v) is 10.2. The molecule has 0 aliphatic rings. The lowest BCUT2D eigenvalue weighted by molar-refractivity contribution is 0.503. The summed E-state index contributed by atoms with van der Waals surface area (Å²) in [7, 11) is 0. The molecule has 0 aliphatic heterocycles. The summed E-state index contributed by atoms with van der Waals surface area (Å²) in [6.07, 6.45) is 0.676. The second-order valence-electron chi connectivity index (χ2n) is 4.08. The maximum Gasteiger partial charge on any atom is 0.141 e. The molecule has 1 unspecified atom stereocenters. The largest absolute Gasteiger partial charge is 0.461 e. The molecule has 0 radical (unpaired) electrons. The zero-order valence-electron chi connectivity index (χ0n) is 9.41. The molecule has 17 heavy (non-hydrogen) atoms. The topological polar surface area (TPSA) is 39.2 Å². The van der Waals surface area contributed by atoms with Gasteiger partial charge in [0.15, 0.2) is 0 Å². The highest BCUT2D eigenvalue weighted by Gasteiger charge is 2.08. The first kappa shape index (κ1) is 12.1. The van der Waals surface area contributed by atoms with Crippen molar-refractivity contribution < 1.29 is 8.81 Å². The lowest BCUT2D eigenvalue weighted by atomic mass is 10.2. The number of halogens is 2. The lowest BCUT2D eigenvalue weighted by Crippen LogP contribution is -2.17. The van der Waals surface area contributed by atoms with E-state index in [0.29, 0.717) is 12.2 Å². The number of rotatable bonds is 3. The molecule has 0 aliphatic carbocycles. The van der Waals surface area contributed by atoms with Crippen molar-refractivity contribution in [3.8, 4) is 11.3 Å². The Kier molecular flexibility index (Phi) is 3.50. The van der Waals surface area contributed by atoms with E-state index >= 15 is 0 Å². The molecule has 2 nitrogen and oxygen atoms in total. The van der Waals surface area contributed by atoms with Crippen LogP contribution in [0.2, 0.25) is 5.02 Å². The first-order valence-corrected chi connectivity index (χ1v) is 5.74. The predicted molar refractivity (Wildman–Crippen MR) is 66.5 cm³/mol. The van der Waals surface area contributed by atoms with Crippen molar-refractivity contribution in [2.45, 2.75) is 19.4 Å². The van der Waals surface area contributed by atoms with Crippen LogP contribution < -0.4 is 5.73 Å². The van der Waals surface area contributed by atoms with Crippen LogP contribution in [0.3, 0.4) is 0 Å². The second kappa shape index (κ2) is 4.90. The van der Waals surface area contributed by atoms with Gasteiger partial charge in [-0.15, -0.1) is 0 Å². The predicted octanol–water partition coefficient (Wildman–Crippen LogP) is 3.63. The molecule has 0 bridgehead atoms. The monoisotopic (exact) mass is 253 g/mol. The Morgan fingerprint density at radius 3 is 2.76 bits per heavy atom. The Bertz CT molecular complexity index is 522. The minimum atomic E-state index is -0.433. The quantitative estimate of drug-likeness (QED) is 0.907. The SMILES string of the molecule is CC(N)Cc1ccc(-c2ccc(F)c(Cl)c2)o1. The van der Waals surface area contributed by atoms with Gasteiger partial charge in [0.25, 0.3) is 0 Å². The number of hydrogen-bond acceptors (Lipinski definition) is 2. The maximum atomic E-state index is 13.0. The van der Waals surface area contributed by atoms with Crippen LogP contribution in [0.1, 0.15) is 12.7 Å². The Balaban J connectivity index is 2.27. The molecular formula is C13H13ClFNO. The van der Waals surface area contributed by atoms with Gasteiger partial charge in [0.1, 0.15) is 17.3 Å². The smallest absolute Gasteiger partial charge is 0.141 e. The Morgan fingerprint density at radius 1 is 1.35 bits per heavy atom. The summed E-state index contributed by atoms with van der Waals surface area (Å²) >= 11 is 5.72. The highest BCUT2D eigenvalue weighted by molar-refractivity contribution is 6.31. The van der Waals surface area contributed by atoms with Crippen LogP contribution in [0.5, 0.6) is 0 Å². The molecule has 0 fully saturated rings. The Labute approximate surface area is 104 Å². The Morgan fingerprint density at radius 2 is 2.12 bits per heavy atom. The number of furan rings is 1. The number of benzene rings is 1. The average molecular weight is 254 g/mol. The van der Waals surface area contributed by atoms with Gasteiger partial charge in [0, 0.05) is 18.0 Å². The molecule has 2 aromatic rings. The summed E-state index contributed by atoms with van der Waals surface area (Å²) in [6, 6.07) is 8.26. The molecule has 0 amide bonds. The molecule has 0 saturated carbocycles. The fraction of sp³-hybridized carbons (Fsp3) is 0.231. The summed E-state index contributed by atoms with van der Waals surface area (Å²) < 4.78 is 18.6. The fourth-order valence-electron chi connectivity index (χ4n) is 1.61. The first-order valence-electron chi connectivity index (χ1n) is 5.36. The number of hydrogen-bond donors (Lipinski definition) is 1. The van der Waals surface area contributed by atoms with E-state index < -0.39 is 5.82 Å². The minimum absolute atomic E-state index is 0.0470. The van der Waals surface area contributed by atoms with Crippen LogP contribution in [-0.2, 0) is 6.42 Å². The molecular weight excluding hydrogens is 241 g/mol. The molecule has 0 spiro atoms. The highest BCUT2D eigenvalue weighted by Crippen LogP contribution is 2.26. The van der Waals surface area contributed by atoms with E-state index in [9.17, 15) is 4.39 Å². The van der Waals surface area contributed by atoms with Crippen molar-refractivity contribution in [1.29, 1.82) is 0 Å². The molecule has 2 N–H and O–H groups in total. The van der Waals surface area contributed by atoms with Gasteiger partial charge >= 0.3 is 0 Å². The standard InChI is InChI=1S/C13H13ClFNO/c1-8(16)6-10-3-5-13(17-10)9-2-4-12(15)11(14)7-9/h2-5,7-8H,6,16H2,1H3. The molecule has 1 atom stereocenters. The van der Waals surface area contributed by atoms with Crippen molar-refractivity contribution in [3.63, 3.8) is 0 Å². The second-order valence-corrected chi connectivity index (χ2v) is 4.48. The normalized spacial score (nSPS) is 12.7. The maximum absolute atomic E-state index is 13.0. The summed E-state index contributed by atoms with van der Waals surface area (Å²) in [5, 5.41) is 0.0904. The molecule has 4 heteroatoms. The summed E-state index contributed by atoms with van der Waals surface area (Å²) in [5.74, 6) is 1.05. The van der Waals surface area contributed by atoms with E-state index in [2.05, 4.69) is 0 Å². The van der Waals surface area contributed by atoms with Crippen molar-refractivity contribution in [2.75, 3.05) is 0 Å². The van der Waals surface area contributed by atoms with Crippen molar-refractivity contribution in [2.24, 2.45) is 5.73 Å². The third kappa shape index (κ3) is 2.87. The van der Waals surface area contributed by atoms with Gasteiger partial charge < -0.3 is 10.2 Å². The van der Waals surface area contributed by atoms with Gasteiger partial charge in [-0.3, -0.25) is 0 Å². The molecule has 1 aromatic heterocycles. The summed E-state index contributed by atoms with van der Waals surface area (Å²) in [6.45, 7) is 1.91. The van der Waals surface area contributed by atoms with E-state index in [1.807, 2.05) is 19.1 Å². The molecule has 1 aromatic carbocycles. The van der Waals surface area contributed by atoms with E-state index in [-0.39, 0.29) is 11.1 Å². The highest BCUT2D eigenvalue weighted by atomic mass is 35.5.